The molecule has 3 atom stereocenters. The van der Waals surface area contributed by atoms with Crippen molar-refractivity contribution < 1.29 is 19.7 Å². The first-order valence-electron chi connectivity index (χ1n) is 4.91. The van der Waals surface area contributed by atoms with Crippen LogP contribution in [0.5, 0.6) is 0 Å². The lowest BCUT2D eigenvalue weighted by Gasteiger charge is -2.09. The predicted molar refractivity (Wildman–Crippen MR) is 52.4 cm³/mol. The lowest BCUT2D eigenvalue weighted by atomic mass is 10.1. The predicted octanol–water partition coefficient (Wildman–Crippen LogP) is -1.31. The number of primary amides is 1. The van der Waals surface area contributed by atoms with Gasteiger partial charge in [0.2, 0.25) is 0 Å². The van der Waals surface area contributed by atoms with Crippen LogP contribution in [0.2, 0.25) is 0 Å². The number of aromatic amines is 1. The fourth-order valence-corrected chi connectivity index (χ4v) is 1.70. The Hall–Kier alpha value is -1.44. The third-order valence-corrected chi connectivity index (χ3v) is 2.56. The van der Waals surface area contributed by atoms with Crippen LogP contribution in [0, 0.1) is 0 Å². The number of carbonyl (C=O) groups is 1. The van der Waals surface area contributed by atoms with Crippen molar-refractivity contribution in [3.63, 3.8) is 0 Å². The van der Waals surface area contributed by atoms with E-state index in [0.717, 1.165) is 0 Å². The SMILES string of the molecule is NC(=O)c1c[nH]c([C@H]2C[C@H](O)[C@@H](CO)O2)n1. The zero-order chi connectivity index (χ0) is 11.7. The molecule has 0 spiro atoms. The number of ether oxygens (including phenoxy) is 1. The van der Waals surface area contributed by atoms with Gasteiger partial charge < -0.3 is 25.7 Å². The second-order valence-electron chi connectivity index (χ2n) is 3.68. The van der Waals surface area contributed by atoms with Gasteiger partial charge in [0.05, 0.1) is 12.7 Å². The first-order chi connectivity index (χ1) is 7.61. The molecule has 7 heteroatoms. The number of nitrogens with two attached hydrogens (primary N) is 1. The number of H-pyrrole nitrogens is 1. The second kappa shape index (κ2) is 4.20. The molecule has 0 radical (unpaired) electrons. The zero-order valence-electron chi connectivity index (χ0n) is 8.46. The zero-order valence-corrected chi connectivity index (χ0v) is 8.46. The summed E-state index contributed by atoms with van der Waals surface area (Å²) in [5.74, 6) is -0.191. The Kier molecular flexibility index (Phi) is 2.90. The van der Waals surface area contributed by atoms with Gasteiger partial charge in [0, 0.05) is 12.6 Å². The van der Waals surface area contributed by atoms with Crippen molar-refractivity contribution in [3.05, 3.63) is 17.7 Å². The normalized spacial score (nSPS) is 29.5. The summed E-state index contributed by atoms with van der Waals surface area (Å²) in [6.45, 7) is -0.249. The fraction of sp³-hybridized carbons (Fsp3) is 0.556. The highest BCUT2D eigenvalue weighted by Gasteiger charge is 2.35. The van der Waals surface area contributed by atoms with Crippen LogP contribution in [0.25, 0.3) is 0 Å². The van der Waals surface area contributed by atoms with E-state index in [-0.39, 0.29) is 12.3 Å². The highest BCUT2D eigenvalue weighted by molar-refractivity contribution is 5.90. The van der Waals surface area contributed by atoms with Gasteiger partial charge in [0.25, 0.3) is 5.91 Å². The molecule has 1 amide bonds. The van der Waals surface area contributed by atoms with E-state index in [0.29, 0.717) is 12.2 Å². The van der Waals surface area contributed by atoms with Gasteiger partial charge in [0.15, 0.2) is 0 Å². The van der Waals surface area contributed by atoms with Crippen molar-refractivity contribution in [2.24, 2.45) is 5.73 Å². The molecule has 7 nitrogen and oxygen atoms in total. The summed E-state index contributed by atoms with van der Waals surface area (Å²) in [4.78, 5) is 17.5. The summed E-state index contributed by atoms with van der Waals surface area (Å²) in [7, 11) is 0. The standard InChI is InChI=1S/C9H13N3O4/c10-8(15)4-2-11-9(12-4)6-1-5(14)7(3-13)16-6/h2,5-7,13-14H,1,3H2,(H2,10,15)(H,11,12)/t5-,6+,7+/m0/s1. The van der Waals surface area contributed by atoms with Gasteiger partial charge in [-0.15, -0.1) is 0 Å². The number of imidazole rings is 1. The Bertz CT molecular complexity index is 392. The third-order valence-electron chi connectivity index (χ3n) is 2.56. The summed E-state index contributed by atoms with van der Waals surface area (Å²) < 4.78 is 5.36. The number of nitrogens with zero attached hydrogens (tertiary/aromatic N) is 1. The molecule has 0 aliphatic carbocycles. The molecule has 1 saturated heterocycles. The minimum Gasteiger partial charge on any atom is -0.394 e. The molecule has 1 aliphatic heterocycles. The van der Waals surface area contributed by atoms with Gasteiger partial charge in [-0.3, -0.25) is 4.79 Å². The molecule has 5 N–H and O–H groups in total. The van der Waals surface area contributed by atoms with Crippen molar-refractivity contribution in [2.75, 3.05) is 6.61 Å². The average molecular weight is 227 g/mol. The monoisotopic (exact) mass is 227 g/mol. The Balaban J connectivity index is 2.11. The van der Waals surface area contributed by atoms with Gasteiger partial charge in [-0.05, 0) is 0 Å². The quantitative estimate of drug-likeness (QED) is 0.511. The van der Waals surface area contributed by atoms with Crippen LogP contribution < -0.4 is 5.73 Å². The van der Waals surface area contributed by atoms with Gasteiger partial charge in [-0.2, -0.15) is 0 Å². The van der Waals surface area contributed by atoms with E-state index < -0.39 is 24.2 Å². The Morgan fingerprint density at radius 2 is 2.50 bits per heavy atom. The molecule has 1 aliphatic rings. The largest absolute Gasteiger partial charge is 0.394 e. The molecular formula is C9H13N3O4. The molecule has 2 rings (SSSR count). The van der Waals surface area contributed by atoms with Crippen molar-refractivity contribution in [1.82, 2.24) is 9.97 Å². The highest BCUT2D eigenvalue weighted by Crippen LogP contribution is 2.31. The molecule has 0 bridgehead atoms. The summed E-state index contributed by atoms with van der Waals surface area (Å²) in [6, 6.07) is 0. The summed E-state index contributed by atoms with van der Waals surface area (Å²) in [5.41, 5.74) is 5.18. The highest BCUT2D eigenvalue weighted by atomic mass is 16.5. The minimum atomic E-state index is -0.725. The van der Waals surface area contributed by atoms with Crippen molar-refractivity contribution in [3.8, 4) is 0 Å². The maximum atomic E-state index is 10.8. The topological polar surface area (TPSA) is 121 Å². The van der Waals surface area contributed by atoms with E-state index in [9.17, 15) is 9.90 Å². The van der Waals surface area contributed by atoms with Gasteiger partial charge in [-0.1, -0.05) is 0 Å². The van der Waals surface area contributed by atoms with Gasteiger partial charge in [-0.25, -0.2) is 4.98 Å². The number of hydrogen-bond acceptors (Lipinski definition) is 5. The van der Waals surface area contributed by atoms with E-state index in [1.165, 1.54) is 6.20 Å². The number of aliphatic hydroxyl groups is 2. The molecule has 1 aromatic heterocycles. The van der Waals surface area contributed by atoms with Crippen LogP contribution in [-0.4, -0.2) is 44.9 Å². The van der Waals surface area contributed by atoms with Gasteiger partial charge in [0.1, 0.15) is 23.7 Å². The lowest BCUT2D eigenvalue weighted by molar-refractivity contribution is -0.0245. The molecule has 1 fully saturated rings. The summed E-state index contributed by atoms with van der Waals surface area (Å²) in [6.07, 6.45) is -0.0547. The van der Waals surface area contributed by atoms with E-state index in [4.69, 9.17) is 15.6 Å². The smallest absolute Gasteiger partial charge is 0.268 e. The Morgan fingerprint density at radius 1 is 1.75 bits per heavy atom. The lowest BCUT2D eigenvalue weighted by Crippen LogP contribution is -2.24. The number of amides is 1. The molecule has 1 aromatic rings. The molecule has 2 heterocycles. The number of nitrogens with one attached hydrogen (secondary N) is 1. The maximum absolute atomic E-state index is 10.8. The van der Waals surface area contributed by atoms with Crippen molar-refractivity contribution >= 4 is 5.91 Å². The molecule has 0 unspecified atom stereocenters. The molecule has 0 aromatic carbocycles. The number of aromatic nitrogens is 2. The van der Waals surface area contributed by atoms with E-state index in [1.54, 1.807) is 0 Å². The number of carbonyl (C=O) groups excluding carboxylic acids is 1. The first-order valence-corrected chi connectivity index (χ1v) is 4.91. The second-order valence-corrected chi connectivity index (χ2v) is 3.68. The first kappa shape index (κ1) is 11.1. The minimum absolute atomic E-state index is 0.125. The molecule has 88 valence electrons. The Labute approximate surface area is 91.2 Å². The van der Waals surface area contributed by atoms with Crippen LogP contribution in [0.15, 0.2) is 6.20 Å². The van der Waals surface area contributed by atoms with Crippen molar-refractivity contribution in [2.45, 2.75) is 24.7 Å². The summed E-state index contributed by atoms with van der Waals surface area (Å²) >= 11 is 0. The van der Waals surface area contributed by atoms with Crippen LogP contribution in [-0.2, 0) is 4.74 Å². The number of hydrogen-bond donors (Lipinski definition) is 4. The van der Waals surface area contributed by atoms with E-state index in [1.807, 2.05) is 0 Å². The summed E-state index contributed by atoms with van der Waals surface area (Å²) in [5, 5.41) is 18.4. The van der Waals surface area contributed by atoms with Crippen LogP contribution in [0.3, 0.4) is 0 Å². The third kappa shape index (κ3) is 1.92. The Morgan fingerprint density at radius 3 is 3.00 bits per heavy atom. The van der Waals surface area contributed by atoms with Crippen molar-refractivity contribution in [1.29, 1.82) is 0 Å². The van der Waals surface area contributed by atoms with Crippen LogP contribution in [0.4, 0.5) is 0 Å². The van der Waals surface area contributed by atoms with Crippen LogP contribution in [0.1, 0.15) is 28.8 Å². The molecule has 0 saturated carbocycles. The van der Waals surface area contributed by atoms with Gasteiger partial charge >= 0.3 is 0 Å². The fourth-order valence-electron chi connectivity index (χ4n) is 1.70. The maximum Gasteiger partial charge on any atom is 0.268 e. The number of aliphatic hydroxyl groups excluding tert-OH is 2. The van der Waals surface area contributed by atoms with E-state index in [2.05, 4.69) is 9.97 Å². The molecular weight excluding hydrogens is 214 g/mol. The average Bonchev–Trinajstić information content (AvgIpc) is 2.83. The number of rotatable bonds is 3. The van der Waals surface area contributed by atoms with E-state index >= 15 is 0 Å². The molecule has 16 heavy (non-hydrogen) atoms. The van der Waals surface area contributed by atoms with Crippen LogP contribution >= 0.6 is 0 Å².